The summed E-state index contributed by atoms with van der Waals surface area (Å²) >= 11 is 0. The lowest BCUT2D eigenvalue weighted by atomic mass is 9.94. The van der Waals surface area contributed by atoms with Crippen LogP contribution in [0.5, 0.6) is 0 Å². The molecule has 0 bridgehead atoms. The van der Waals surface area contributed by atoms with Crippen LogP contribution in [0, 0.1) is 23.0 Å². The Morgan fingerprint density at radius 1 is 1.45 bits per heavy atom. The van der Waals surface area contributed by atoms with Crippen molar-refractivity contribution < 1.29 is 4.92 Å². The van der Waals surface area contributed by atoms with Gasteiger partial charge in [0.1, 0.15) is 0 Å². The van der Waals surface area contributed by atoms with Crippen LogP contribution in [0.15, 0.2) is 18.2 Å². The number of likely N-dealkylation sites (tertiary alicyclic amines) is 1. The van der Waals surface area contributed by atoms with E-state index in [-0.39, 0.29) is 16.7 Å². The first kappa shape index (κ1) is 14.9. The van der Waals surface area contributed by atoms with Crippen molar-refractivity contribution in [1.82, 2.24) is 4.90 Å². The normalized spacial score (nSPS) is 18.9. The van der Waals surface area contributed by atoms with Crippen LogP contribution in [0.2, 0.25) is 0 Å². The van der Waals surface area contributed by atoms with Crippen molar-refractivity contribution in [1.29, 1.82) is 0 Å². The highest BCUT2D eigenvalue weighted by Gasteiger charge is 2.24. The lowest BCUT2D eigenvalue weighted by molar-refractivity contribution is -0.385. The fourth-order valence-electron chi connectivity index (χ4n) is 2.87. The van der Waals surface area contributed by atoms with Crippen LogP contribution in [0.25, 0.3) is 0 Å². The zero-order chi connectivity index (χ0) is 14.7. The van der Waals surface area contributed by atoms with Gasteiger partial charge in [0.15, 0.2) is 0 Å². The molecule has 2 rings (SSSR count). The summed E-state index contributed by atoms with van der Waals surface area (Å²) in [4.78, 5) is 13.1. The number of nitro groups is 1. The number of hydrogen-bond donors (Lipinski definition) is 1. The number of aryl methyl sites for hydroxylation is 1. The summed E-state index contributed by atoms with van der Waals surface area (Å²) in [5.74, 6) is 0.630. The number of rotatable bonds is 4. The van der Waals surface area contributed by atoms with Gasteiger partial charge in [-0.15, -0.1) is 0 Å². The summed E-state index contributed by atoms with van der Waals surface area (Å²) in [6.07, 6.45) is 2.24. The Morgan fingerprint density at radius 2 is 2.10 bits per heavy atom. The van der Waals surface area contributed by atoms with E-state index in [9.17, 15) is 10.1 Å². The maximum absolute atomic E-state index is 11.0. The second kappa shape index (κ2) is 6.33. The topological polar surface area (TPSA) is 72.4 Å². The molecule has 1 aromatic carbocycles. The number of nitrogens with two attached hydrogens (primary N) is 1. The largest absolute Gasteiger partial charge is 0.330 e. The molecule has 0 aliphatic carbocycles. The molecule has 1 atom stereocenters. The molecule has 1 heterocycles. The average Bonchev–Trinajstić information content (AvgIpc) is 2.47. The smallest absolute Gasteiger partial charge is 0.272 e. The lowest BCUT2D eigenvalue weighted by Gasteiger charge is -2.35. The molecule has 5 nitrogen and oxygen atoms in total. The van der Waals surface area contributed by atoms with Gasteiger partial charge in [-0.05, 0) is 57.8 Å². The summed E-state index contributed by atoms with van der Waals surface area (Å²) < 4.78 is 0. The third kappa shape index (κ3) is 3.16. The Hall–Kier alpha value is -1.46. The molecule has 1 aromatic rings. The molecule has 1 fully saturated rings. The van der Waals surface area contributed by atoms with E-state index in [1.165, 1.54) is 0 Å². The highest BCUT2D eigenvalue weighted by molar-refractivity contribution is 5.43. The summed E-state index contributed by atoms with van der Waals surface area (Å²) in [6.45, 7) is 6.70. The first-order chi connectivity index (χ1) is 9.52. The van der Waals surface area contributed by atoms with Crippen LogP contribution in [0.1, 0.15) is 36.9 Å². The first-order valence-electron chi connectivity index (χ1n) is 7.22. The van der Waals surface area contributed by atoms with Gasteiger partial charge in [-0.25, -0.2) is 0 Å². The highest BCUT2D eigenvalue weighted by atomic mass is 16.6. The molecular weight excluding hydrogens is 254 g/mol. The van der Waals surface area contributed by atoms with Gasteiger partial charge in [0, 0.05) is 17.7 Å². The minimum atomic E-state index is -0.299. The quantitative estimate of drug-likeness (QED) is 0.678. The van der Waals surface area contributed by atoms with Crippen LogP contribution in [0.4, 0.5) is 5.69 Å². The van der Waals surface area contributed by atoms with E-state index < -0.39 is 0 Å². The van der Waals surface area contributed by atoms with E-state index in [0.717, 1.165) is 38.0 Å². The third-order valence-corrected chi connectivity index (χ3v) is 4.44. The van der Waals surface area contributed by atoms with Crippen molar-refractivity contribution in [2.45, 2.75) is 32.7 Å². The van der Waals surface area contributed by atoms with Gasteiger partial charge in [0.05, 0.1) is 4.92 Å². The molecule has 110 valence electrons. The Bertz CT molecular complexity index is 482. The van der Waals surface area contributed by atoms with E-state index in [1.807, 2.05) is 12.1 Å². The van der Waals surface area contributed by atoms with Crippen molar-refractivity contribution in [2.24, 2.45) is 11.7 Å². The second-order valence-corrected chi connectivity index (χ2v) is 5.69. The van der Waals surface area contributed by atoms with Crippen molar-refractivity contribution in [2.75, 3.05) is 19.6 Å². The third-order valence-electron chi connectivity index (χ3n) is 4.44. The molecule has 0 saturated carbocycles. The summed E-state index contributed by atoms with van der Waals surface area (Å²) in [6, 6.07) is 5.78. The van der Waals surface area contributed by atoms with Crippen LogP contribution in [0.3, 0.4) is 0 Å². The molecule has 0 spiro atoms. The van der Waals surface area contributed by atoms with Gasteiger partial charge in [0.25, 0.3) is 5.69 Å². The van der Waals surface area contributed by atoms with Crippen molar-refractivity contribution in [3.8, 4) is 0 Å². The maximum Gasteiger partial charge on any atom is 0.272 e. The van der Waals surface area contributed by atoms with Gasteiger partial charge in [-0.3, -0.25) is 15.0 Å². The summed E-state index contributed by atoms with van der Waals surface area (Å²) in [5.41, 5.74) is 7.66. The molecule has 5 heteroatoms. The van der Waals surface area contributed by atoms with Crippen molar-refractivity contribution >= 4 is 5.69 Å². The van der Waals surface area contributed by atoms with Crippen LogP contribution in [-0.4, -0.2) is 29.5 Å². The number of hydrogen-bond acceptors (Lipinski definition) is 4. The standard InChI is InChI=1S/C15H23N3O2/c1-11-3-4-14(9-15(11)18(19)20)12(2)17-7-5-13(10-16)6-8-17/h3-4,9,12-13H,5-8,10,16H2,1-2H3. The van der Waals surface area contributed by atoms with Gasteiger partial charge >= 0.3 is 0 Å². The van der Waals surface area contributed by atoms with Gasteiger partial charge in [-0.2, -0.15) is 0 Å². The zero-order valence-corrected chi connectivity index (χ0v) is 12.2. The zero-order valence-electron chi connectivity index (χ0n) is 12.2. The van der Waals surface area contributed by atoms with E-state index in [2.05, 4.69) is 11.8 Å². The van der Waals surface area contributed by atoms with Gasteiger partial charge < -0.3 is 5.73 Å². The van der Waals surface area contributed by atoms with Crippen LogP contribution in [-0.2, 0) is 0 Å². The maximum atomic E-state index is 11.0. The number of benzene rings is 1. The molecule has 1 aliphatic rings. The first-order valence-corrected chi connectivity index (χ1v) is 7.22. The Balaban J connectivity index is 2.11. The Morgan fingerprint density at radius 3 is 2.65 bits per heavy atom. The Kier molecular flexibility index (Phi) is 4.73. The summed E-state index contributed by atoms with van der Waals surface area (Å²) in [7, 11) is 0. The minimum absolute atomic E-state index is 0.214. The fraction of sp³-hybridized carbons (Fsp3) is 0.600. The fourth-order valence-corrected chi connectivity index (χ4v) is 2.87. The van der Waals surface area contributed by atoms with Crippen molar-refractivity contribution in [3.05, 3.63) is 39.4 Å². The Labute approximate surface area is 119 Å². The number of nitrogens with zero attached hydrogens (tertiary/aromatic N) is 2. The molecule has 1 aliphatic heterocycles. The van der Waals surface area contributed by atoms with Crippen LogP contribution >= 0.6 is 0 Å². The number of nitro benzene ring substituents is 1. The molecule has 20 heavy (non-hydrogen) atoms. The SMILES string of the molecule is Cc1ccc(C(C)N2CCC(CN)CC2)cc1[N+](=O)[O-]. The van der Waals surface area contributed by atoms with Gasteiger partial charge in [0.2, 0.25) is 0 Å². The minimum Gasteiger partial charge on any atom is -0.330 e. The predicted octanol–water partition coefficient (Wildman–Crippen LogP) is 2.63. The molecular formula is C15H23N3O2. The van der Waals surface area contributed by atoms with Gasteiger partial charge in [-0.1, -0.05) is 12.1 Å². The molecule has 1 saturated heterocycles. The van der Waals surface area contributed by atoms with Crippen molar-refractivity contribution in [3.63, 3.8) is 0 Å². The molecule has 0 amide bonds. The second-order valence-electron chi connectivity index (χ2n) is 5.69. The monoisotopic (exact) mass is 277 g/mol. The molecule has 0 radical (unpaired) electrons. The highest BCUT2D eigenvalue weighted by Crippen LogP contribution is 2.29. The lowest BCUT2D eigenvalue weighted by Crippen LogP contribution is -2.37. The van der Waals surface area contributed by atoms with E-state index in [1.54, 1.807) is 13.0 Å². The van der Waals surface area contributed by atoms with E-state index >= 15 is 0 Å². The van der Waals surface area contributed by atoms with E-state index in [4.69, 9.17) is 5.73 Å². The predicted molar refractivity (Wildman–Crippen MR) is 79.6 cm³/mol. The average molecular weight is 277 g/mol. The molecule has 1 unspecified atom stereocenters. The molecule has 2 N–H and O–H groups in total. The van der Waals surface area contributed by atoms with E-state index in [0.29, 0.717) is 11.5 Å². The summed E-state index contributed by atoms with van der Waals surface area (Å²) in [5, 5.41) is 11.0. The van der Waals surface area contributed by atoms with Crippen LogP contribution < -0.4 is 5.73 Å². The molecule has 0 aromatic heterocycles. The number of piperidine rings is 1.